The van der Waals surface area contributed by atoms with E-state index in [9.17, 15) is 0 Å². The molecule has 0 radical (unpaired) electrons. The number of allylic oxidation sites excluding steroid dienone is 2. The first-order valence-electron chi connectivity index (χ1n) is 2.68. The van der Waals surface area contributed by atoms with Gasteiger partial charge in [-0.1, -0.05) is 11.6 Å². The maximum Gasteiger partial charge on any atom is 0.0770 e. The van der Waals surface area contributed by atoms with Crippen molar-refractivity contribution in [2.24, 2.45) is 4.99 Å². The van der Waals surface area contributed by atoms with Crippen LogP contribution < -0.4 is 5.32 Å². The van der Waals surface area contributed by atoms with Gasteiger partial charge in [-0.25, -0.2) is 0 Å². The van der Waals surface area contributed by atoms with Crippen molar-refractivity contribution in [1.82, 2.24) is 5.32 Å². The van der Waals surface area contributed by atoms with Gasteiger partial charge >= 0.3 is 0 Å². The smallest absolute Gasteiger partial charge is 0.0770 e. The number of aliphatic imine (C=N–C) groups is 1. The highest BCUT2D eigenvalue weighted by molar-refractivity contribution is 6.39. The Balaban J connectivity index is 4.10. The van der Waals surface area contributed by atoms with E-state index in [-0.39, 0.29) is 0 Å². The van der Waals surface area contributed by atoms with Crippen LogP contribution in [0.15, 0.2) is 15.7 Å². The van der Waals surface area contributed by atoms with Crippen LogP contribution in [0, 0.1) is 0 Å². The minimum absolute atomic E-state index is 0.653. The van der Waals surface area contributed by atoms with Crippen molar-refractivity contribution in [3.8, 4) is 0 Å². The summed E-state index contributed by atoms with van der Waals surface area (Å²) < 4.78 is 0. The zero-order valence-electron chi connectivity index (χ0n) is 5.90. The lowest BCUT2D eigenvalue weighted by molar-refractivity contribution is 0.989. The highest BCUT2D eigenvalue weighted by Gasteiger charge is 1.89. The molecule has 0 fully saturated rings. The van der Waals surface area contributed by atoms with E-state index in [1.54, 1.807) is 13.3 Å². The Morgan fingerprint density at radius 2 is 2.22 bits per heavy atom. The topological polar surface area (TPSA) is 24.4 Å². The molecule has 0 atom stereocenters. The number of halogens is 1. The fourth-order valence-corrected chi connectivity index (χ4v) is 0.522. The zero-order chi connectivity index (χ0) is 7.28. The number of nitrogens with one attached hydrogen (secondary N) is 1. The maximum absolute atomic E-state index is 5.70. The lowest BCUT2D eigenvalue weighted by Crippen LogP contribution is -2.03. The Labute approximate surface area is 60.6 Å². The van der Waals surface area contributed by atoms with Crippen molar-refractivity contribution >= 4 is 17.8 Å². The summed E-state index contributed by atoms with van der Waals surface area (Å²) in [5.41, 5.74) is 0.933. The third-order valence-electron chi connectivity index (χ3n) is 0.976. The molecule has 0 unspecified atom stereocenters. The van der Waals surface area contributed by atoms with Gasteiger partial charge in [0.1, 0.15) is 0 Å². The molecule has 0 aliphatic carbocycles. The standard InChI is InChI=1S/C6H11ClN2/c1-5(9-3)6(7)4-8-2/h4,9H,1-3H3/b6-5-,8-4?. The van der Waals surface area contributed by atoms with Crippen LogP contribution in [-0.4, -0.2) is 20.3 Å². The number of hydrogen-bond donors (Lipinski definition) is 1. The fourth-order valence-electron chi connectivity index (χ4n) is 0.330. The third-order valence-corrected chi connectivity index (χ3v) is 1.36. The first kappa shape index (κ1) is 8.50. The lowest BCUT2D eigenvalue weighted by Gasteiger charge is -1.97. The van der Waals surface area contributed by atoms with Crippen molar-refractivity contribution < 1.29 is 0 Å². The SMILES string of the molecule is CN=C/C(Cl)=C(\C)NC. The molecule has 0 saturated heterocycles. The Morgan fingerprint density at radius 3 is 2.56 bits per heavy atom. The van der Waals surface area contributed by atoms with Crippen molar-refractivity contribution in [2.75, 3.05) is 14.1 Å². The Kier molecular flexibility index (Phi) is 4.14. The molecule has 1 N–H and O–H groups in total. The summed E-state index contributed by atoms with van der Waals surface area (Å²) in [6.45, 7) is 1.89. The minimum Gasteiger partial charge on any atom is -0.390 e. The highest BCUT2D eigenvalue weighted by Crippen LogP contribution is 2.01. The Hall–Kier alpha value is -0.500. The molecule has 0 aromatic rings. The number of nitrogens with zero attached hydrogens (tertiary/aromatic N) is 1. The summed E-state index contributed by atoms with van der Waals surface area (Å²) in [7, 11) is 3.51. The van der Waals surface area contributed by atoms with E-state index in [1.165, 1.54) is 0 Å². The summed E-state index contributed by atoms with van der Waals surface area (Å²) in [5.74, 6) is 0. The largest absolute Gasteiger partial charge is 0.390 e. The van der Waals surface area contributed by atoms with E-state index in [1.807, 2.05) is 14.0 Å². The average Bonchev–Trinajstić information content (AvgIpc) is 1.87. The van der Waals surface area contributed by atoms with Crippen LogP contribution in [0.1, 0.15) is 6.92 Å². The summed E-state index contributed by atoms with van der Waals surface area (Å²) in [4.78, 5) is 3.75. The monoisotopic (exact) mass is 146 g/mol. The molecule has 0 aromatic carbocycles. The van der Waals surface area contributed by atoms with Crippen molar-refractivity contribution in [3.05, 3.63) is 10.7 Å². The third kappa shape index (κ3) is 3.14. The van der Waals surface area contributed by atoms with Gasteiger partial charge < -0.3 is 5.32 Å². The Morgan fingerprint density at radius 1 is 1.67 bits per heavy atom. The quantitative estimate of drug-likeness (QED) is 0.585. The van der Waals surface area contributed by atoms with E-state index >= 15 is 0 Å². The van der Waals surface area contributed by atoms with Gasteiger partial charge in [-0.2, -0.15) is 0 Å². The molecule has 52 valence electrons. The first-order chi connectivity index (χ1) is 4.22. The summed E-state index contributed by atoms with van der Waals surface area (Å²) >= 11 is 5.70. The molecular weight excluding hydrogens is 136 g/mol. The minimum atomic E-state index is 0.653. The molecule has 0 rings (SSSR count). The maximum atomic E-state index is 5.70. The number of rotatable bonds is 2. The second-order valence-electron chi connectivity index (χ2n) is 1.61. The second kappa shape index (κ2) is 4.39. The van der Waals surface area contributed by atoms with E-state index in [0.717, 1.165) is 5.70 Å². The lowest BCUT2D eigenvalue weighted by atomic mass is 10.4. The first-order valence-corrected chi connectivity index (χ1v) is 3.06. The predicted octanol–water partition coefficient (Wildman–Crippen LogP) is 1.38. The molecule has 0 heterocycles. The van der Waals surface area contributed by atoms with Crippen LogP contribution in [0.3, 0.4) is 0 Å². The van der Waals surface area contributed by atoms with E-state index in [0.29, 0.717) is 5.03 Å². The van der Waals surface area contributed by atoms with E-state index in [4.69, 9.17) is 11.6 Å². The molecule has 0 bridgehead atoms. The fraction of sp³-hybridized carbons (Fsp3) is 0.500. The predicted molar refractivity (Wildman–Crippen MR) is 42.0 cm³/mol. The van der Waals surface area contributed by atoms with Gasteiger partial charge in [-0.3, -0.25) is 4.99 Å². The molecule has 0 aromatic heterocycles. The van der Waals surface area contributed by atoms with Gasteiger partial charge in [0.2, 0.25) is 0 Å². The molecule has 2 nitrogen and oxygen atoms in total. The van der Waals surface area contributed by atoms with Crippen LogP contribution >= 0.6 is 11.6 Å². The molecule has 0 saturated carbocycles. The van der Waals surface area contributed by atoms with Gasteiger partial charge in [0.15, 0.2) is 0 Å². The average molecular weight is 147 g/mol. The molecule has 0 aliphatic heterocycles. The highest BCUT2D eigenvalue weighted by atomic mass is 35.5. The second-order valence-corrected chi connectivity index (χ2v) is 2.02. The van der Waals surface area contributed by atoms with Gasteiger partial charge in [-0.15, -0.1) is 0 Å². The van der Waals surface area contributed by atoms with Crippen LogP contribution in [-0.2, 0) is 0 Å². The molecule has 0 amide bonds. The molecule has 0 spiro atoms. The van der Waals surface area contributed by atoms with Gasteiger partial charge in [-0.05, 0) is 6.92 Å². The summed E-state index contributed by atoms with van der Waals surface area (Å²) in [6, 6.07) is 0. The Bertz CT molecular complexity index is 138. The number of hydrogen-bond acceptors (Lipinski definition) is 2. The normalized spacial score (nSPS) is 13.8. The summed E-state index contributed by atoms with van der Waals surface area (Å²) in [5, 5.41) is 3.56. The van der Waals surface area contributed by atoms with Crippen molar-refractivity contribution in [3.63, 3.8) is 0 Å². The molecule has 3 heteroatoms. The van der Waals surface area contributed by atoms with Crippen LogP contribution in [0.4, 0.5) is 0 Å². The zero-order valence-corrected chi connectivity index (χ0v) is 6.66. The van der Waals surface area contributed by atoms with Gasteiger partial charge in [0.25, 0.3) is 0 Å². The van der Waals surface area contributed by atoms with Crippen molar-refractivity contribution in [2.45, 2.75) is 6.92 Å². The molecule has 9 heavy (non-hydrogen) atoms. The van der Waals surface area contributed by atoms with Gasteiger partial charge in [0.05, 0.1) is 5.03 Å². The summed E-state index contributed by atoms with van der Waals surface area (Å²) in [6.07, 6.45) is 1.60. The van der Waals surface area contributed by atoms with Crippen LogP contribution in [0.5, 0.6) is 0 Å². The van der Waals surface area contributed by atoms with Crippen molar-refractivity contribution in [1.29, 1.82) is 0 Å². The molecular formula is C6H11ClN2. The van der Waals surface area contributed by atoms with E-state index in [2.05, 4.69) is 10.3 Å². The van der Waals surface area contributed by atoms with Crippen LogP contribution in [0.25, 0.3) is 0 Å². The van der Waals surface area contributed by atoms with Crippen LogP contribution in [0.2, 0.25) is 0 Å². The van der Waals surface area contributed by atoms with E-state index < -0.39 is 0 Å². The van der Waals surface area contributed by atoms with Gasteiger partial charge in [0, 0.05) is 26.0 Å². The molecule has 0 aliphatic rings.